The third kappa shape index (κ3) is 3.95. The summed E-state index contributed by atoms with van der Waals surface area (Å²) in [6.45, 7) is 3.38. The molecular formula is C15H22ClN3O2. The summed E-state index contributed by atoms with van der Waals surface area (Å²) in [4.78, 5) is 23.3. The molecule has 1 aromatic carbocycles. The second kappa shape index (κ2) is 7.43. The van der Waals surface area contributed by atoms with Gasteiger partial charge in [0.05, 0.1) is 5.54 Å². The number of benzene rings is 1. The molecule has 0 bridgehead atoms. The first-order chi connectivity index (χ1) is 9.57. The second-order valence-electron chi connectivity index (χ2n) is 5.21. The Morgan fingerprint density at radius 3 is 2.48 bits per heavy atom. The molecule has 116 valence electrons. The summed E-state index contributed by atoms with van der Waals surface area (Å²) in [6, 6.07) is 6.96. The van der Waals surface area contributed by atoms with Crippen molar-refractivity contribution in [3.8, 4) is 0 Å². The number of hydrogen-bond donors (Lipinski definition) is 3. The Hall–Kier alpha value is -1.59. The van der Waals surface area contributed by atoms with Gasteiger partial charge in [-0.1, -0.05) is 19.1 Å². The molecule has 2 amide bonds. The van der Waals surface area contributed by atoms with Gasteiger partial charge in [-0.05, 0) is 43.5 Å². The van der Waals surface area contributed by atoms with E-state index in [2.05, 4.69) is 10.6 Å². The molecule has 0 spiro atoms. The fraction of sp³-hybridized carbons (Fsp3) is 0.467. The predicted octanol–water partition coefficient (Wildman–Crippen LogP) is 1.36. The molecular weight excluding hydrogens is 290 g/mol. The van der Waals surface area contributed by atoms with E-state index in [1.165, 1.54) is 0 Å². The first-order valence-electron chi connectivity index (χ1n) is 6.99. The number of nitrogens with one attached hydrogen (secondary N) is 2. The largest absolute Gasteiger partial charge is 0.366 e. The van der Waals surface area contributed by atoms with Gasteiger partial charge >= 0.3 is 0 Å². The Kier molecular flexibility index (Phi) is 6.18. The van der Waals surface area contributed by atoms with E-state index in [9.17, 15) is 9.59 Å². The third-order valence-corrected chi connectivity index (χ3v) is 3.97. The highest BCUT2D eigenvalue weighted by atomic mass is 35.5. The van der Waals surface area contributed by atoms with Crippen LogP contribution < -0.4 is 16.4 Å². The summed E-state index contributed by atoms with van der Waals surface area (Å²) in [6.07, 6.45) is 2.71. The van der Waals surface area contributed by atoms with Gasteiger partial charge < -0.3 is 16.4 Å². The van der Waals surface area contributed by atoms with Crippen LogP contribution in [0.15, 0.2) is 24.3 Å². The fourth-order valence-electron chi connectivity index (χ4n) is 2.60. The van der Waals surface area contributed by atoms with E-state index in [-0.39, 0.29) is 18.3 Å². The molecule has 21 heavy (non-hydrogen) atoms. The molecule has 0 saturated carbocycles. The van der Waals surface area contributed by atoms with Crippen molar-refractivity contribution in [3.63, 3.8) is 0 Å². The van der Waals surface area contributed by atoms with Gasteiger partial charge in [-0.3, -0.25) is 9.59 Å². The predicted molar refractivity (Wildman–Crippen MR) is 84.3 cm³/mol. The minimum atomic E-state index is -0.444. The number of primary amides is 1. The van der Waals surface area contributed by atoms with Gasteiger partial charge in [0.2, 0.25) is 11.8 Å². The highest BCUT2D eigenvalue weighted by Crippen LogP contribution is 2.23. The summed E-state index contributed by atoms with van der Waals surface area (Å²) >= 11 is 0. The molecule has 0 radical (unpaired) electrons. The summed E-state index contributed by atoms with van der Waals surface area (Å²) in [5, 5.41) is 6.27. The summed E-state index contributed by atoms with van der Waals surface area (Å²) in [5.74, 6) is -0.392. The SMILES string of the molecule is CCC1(C(=O)NCc2ccc(C(N)=O)cc2)CCCN1.Cl. The maximum Gasteiger partial charge on any atom is 0.248 e. The molecule has 1 aliphatic heterocycles. The summed E-state index contributed by atoms with van der Waals surface area (Å²) in [7, 11) is 0. The van der Waals surface area contributed by atoms with Gasteiger partial charge in [0, 0.05) is 12.1 Å². The van der Waals surface area contributed by atoms with Crippen LogP contribution in [0.2, 0.25) is 0 Å². The molecule has 5 nitrogen and oxygen atoms in total. The van der Waals surface area contributed by atoms with Crippen molar-refractivity contribution >= 4 is 24.2 Å². The maximum absolute atomic E-state index is 12.3. The van der Waals surface area contributed by atoms with Gasteiger partial charge in [0.15, 0.2) is 0 Å². The lowest BCUT2D eigenvalue weighted by molar-refractivity contribution is -0.127. The quantitative estimate of drug-likeness (QED) is 0.767. The van der Waals surface area contributed by atoms with Crippen LogP contribution in [0.1, 0.15) is 42.1 Å². The number of hydrogen-bond acceptors (Lipinski definition) is 3. The third-order valence-electron chi connectivity index (χ3n) is 3.97. The van der Waals surface area contributed by atoms with E-state index in [4.69, 9.17) is 5.73 Å². The van der Waals surface area contributed by atoms with Gasteiger partial charge in [-0.25, -0.2) is 0 Å². The van der Waals surface area contributed by atoms with Crippen molar-refractivity contribution in [2.75, 3.05) is 6.54 Å². The molecule has 6 heteroatoms. The van der Waals surface area contributed by atoms with E-state index < -0.39 is 11.4 Å². The van der Waals surface area contributed by atoms with Crippen molar-refractivity contribution in [1.82, 2.24) is 10.6 Å². The zero-order valence-corrected chi connectivity index (χ0v) is 13.0. The maximum atomic E-state index is 12.3. The molecule has 1 heterocycles. The van der Waals surface area contributed by atoms with Crippen molar-refractivity contribution < 1.29 is 9.59 Å². The molecule has 4 N–H and O–H groups in total. The highest BCUT2D eigenvalue weighted by Gasteiger charge is 2.38. The van der Waals surface area contributed by atoms with E-state index >= 15 is 0 Å². The van der Waals surface area contributed by atoms with Crippen LogP contribution >= 0.6 is 12.4 Å². The molecule has 1 aliphatic rings. The normalized spacial score (nSPS) is 20.6. The average Bonchev–Trinajstić information content (AvgIpc) is 2.95. The number of carbonyl (C=O) groups excluding carboxylic acids is 2. The molecule has 1 atom stereocenters. The van der Waals surface area contributed by atoms with E-state index in [1.807, 2.05) is 6.92 Å². The molecule has 0 aliphatic carbocycles. The van der Waals surface area contributed by atoms with E-state index in [1.54, 1.807) is 24.3 Å². The number of nitrogens with two attached hydrogens (primary N) is 1. The average molecular weight is 312 g/mol. The Labute approximate surface area is 131 Å². The molecule has 1 fully saturated rings. The van der Waals surface area contributed by atoms with Crippen molar-refractivity contribution in [1.29, 1.82) is 0 Å². The molecule has 2 rings (SSSR count). The lowest BCUT2D eigenvalue weighted by Gasteiger charge is -2.26. The van der Waals surface area contributed by atoms with Crippen LogP contribution in [0.4, 0.5) is 0 Å². The van der Waals surface area contributed by atoms with Crippen molar-refractivity contribution in [2.24, 2.45) is 5.73 Å². The Bertz CT molecular complexity index is 496. The Morgan fingerprint density at radius 1 is 1.33 bits per heavy atom. The second-order valence-corrected chi connectivity index (χ2v) is 5.21. The van der Waals surface area contributed by atoms with Crippen molar-refractivity contribution in [2.45, 2.75) is 38.3 Å². The lowest BCUT2D eigenvalue weighted by atomic mass is 9.93. The van der Waals surface area contributed by atoms with Crippen LogP contribution in [0.5, 0.6) is 0 Å². The van der Waals surface area contributed by atoms with Gasteiger partial charge in [-0.2, -0.15) is 0 Å². The zero-order valence-electron chi connectivity index (χ0n) is 12.1. The first-order valence-corrected chi connectivity index (χ1v) is 6.99. The minimum absolute atomic E-state index is 0. The summed E-state index contributed by atoms with van der Waals surface area (Å²) in [5.41, 5.74) is 6.20. The smallest absolute Gasteiger partial charge is 0.248 e. The van der Waals surface area contributed by atoms with E-state index in [0.29, 0.717) is 12.1 Å². The van der Waals surface area contributed by atoms with Crippen LogP contribution in [-0.4, -0.2) is 23.9 Å². The zero-order chi connectivity index (χ0) is 14.6. The van der Waals surface area contributed by atoms with Crippen LogP contribution in [0, 0.1) is 0 Å². The summed E-state index contributed by atoms with van der Waals surface area (Å²) < 4.78 is 0. The number of amides is 2. The number of carbonyl (C=O) groups is 2. The fourth-order valence-corrected chi connectivity index (χ4v) is 2.60. The monoisotopic (exact) mass is 311 g/mol. The highest BCUT2D eigenvalue weighted by molar-refractivity contribution is 5.92. The minimum Gasteiger partial charge on any atom is -0.366 e. The van der Waals surface area contributed by atoms with Crippen LogP contribution in [-0.2, 0) is 11.3 Å². The molecule has 0 aromatic heterocycles. The standard InChI is InChI=1S/C15H21N3O2.ClH/c1-2-15(8-3-9-18-15)14(20)17-10-11-4-6-12(7-5-11)13(16)19;/h4-7,18H,2-3,8-10H2,1H3,(H2,16,19)(H,17,20);1H. The van der Waals surface area contributed by atoms with E-state index in [0.717, 1.165) is 31.4 Å². The van der Waals surface area contributed by atoms with Crippen LogP contribution in [0.3, 0.4) is 0 Å². The lowest BCUT2D eigenvalue weighted by Crippen LogP contribution is -2.52. The first kappa shape index (κ1) is 17.5. The number of halogens is 1. The molecule has 1 aromatic rings. The van der Waals surface area contributed by atoms with Gasteiger partial charge in [0.25, 0.3) is 0 Å². The number of rotatable bonds is 5. The molecule has 1 unspecified atom stereocenters. The van der Waals surface area contributed by atoms with Gasteiger partial charge in [-0.15, -0.1) is 12.4 Å². The Balaban J connectivity index is 0.00000220. The Morgan fingerprint density at radius 2 is 2.00 bits per heavy atom. The van der Waals surface area contributed by atoms with Gasteiger partial charge in [0.1, 0.15) is 0 Å². The van der Waals surface area contributed by atoms with Crippen molar-refractivity contribution in [3.05, 3.63) is 35.4 Å². The molecule has 1 saturated heterocycles. The van der Waals surface area contributed by atoms with Crippen LogP contribution in [0.25, 0.3) is 0 Å². The topological polar surface area (TPSA) is 84.2 Å².